The zero-order valence-corrected chi connectivity index (χ0v) is 10.6. The van der Waals surface area contributed by atoms with Gasteiger partial charge in [-0.2, -0.15) is 4.98 Å². The van der Waals surface area contributed by atoms with Crippen molar-refractivity contribution in [2.75, 3.05) is 11.1 Å². The van der Waals surface area contributed by atoms with Crippen LogP contribution in [0.2, 0.25) is 0 Å². The highest BCUT2D eigenvalue weighted by Gasteiger charge is 2.26. The number of hydrogen-bond acceptors (Lipinski definition) is 6. The minimum atomic E-state index is -0.396. The summed E-state index contributed by atoms with van der Waals surface area (Å²) in [6.45, 7) is 1.84. The van der Waals surface area contributed by atoms with Gasteiger partial charge in [0, 0.05) is 17.4 Å². The molecule has 1 aliphatic heterocycles. The van der Waals surface area contributed by atoms with Crippen molar-refractivity contribution in [3.63, 3.8) is 0 Å². The molecule has 0 saturated heterocycles. The molecule has 2 amide bonds. The Hall–Kier alpha value is -2.96. The Balaban J connectivity index is 1.97. The van der Waals surface area contributed by atoms with Crippen LogP contribution in [0.4, 0.5) is 17.5 Å². The topological polar surface area (TPSA) is 110 Å². The molecule has 0 saturated carbocycles. The van der Waals surface area contributed by atoms with Crippen LogP contribution in [0.1, 0.15) is 26.3 Å². The van der Waals surface area contributed by atoms with E-state index >= 15 is 0 Å². The molecular formula is C13H11N5O2. The molecule has 100 valence electrons. The summed E-state index contributed by atoms with van der Waals surface area (Å²) >= 11 is 0. The van der Waals surface area contributed by atoms with E-state index in [2.05, 4.69) is 20.6 Å². The lowest BCUT2D eigenvalue weighted by Gasteiger charge is -2.09. The fraction of sp³-hybridized carbons (Fsp3) is 0.0769. The van der Waals surface area contributed by atoms with Crippen LogP contribution in [0.25, 0.3) is 0 Å². The normalized spacial score (nSPS) is 13.1. The molecule has 1 aromatic carbocycles. The summed E-state index contributed by atoms with van der Waals surface area (Å²) < 4.78 is 0. The number of imide groups is 1. The number of rotatable bonds is 2. The predicted molar refractivity (Wildman–Crippen MR) is 72.7 cm³/mol. The second kappa shape index (κ2) is 4.30. The number of amides is 2. The Morgan fingerprint density at radius 1 is 1.20 bits per heavy atom. The first kappa shape index (κ1) is 12.1. The van der Waals surface area contributed by atoms with Crippen molar-refractivity contribution in [1.82, 2.24) is 15.3 Å². The SMILES string of the molecule is Cc1cnc(N)nc1Nc1ccc2c(c1)C(=O)NC2=O. The van der Waals surface area contributed by atoms with Gasteiger partial charge in [-0.05, 0) is 25.1 Å². The molecule has 2 aromatic rings. The highest BCUT2D eigenvalue weighted by Crippen LogP contribution is 2.23. The number of carbonyl (C=O) groups excluding carboxylic acids is 2. The summed E-state index contributed by atoms with van der Waals surface area (Å²) in [5.41, 5.74) is 7.73. The van der Waals surface area contributed by atoms with Crippen LogP contribution in [-0.4, -0.2) is 21.8 Å². The molecule has 7 nitrogen and oxygen atoms in total. The van der Waals surface area contributed by atoms with E-state index in [4.69, 9.17) is 5.73 Å². The van der Waals surface area contributed by atoms with Crippen molar-refractivity contribution < 1.29 is 9.59 Å². The van der Waals surface area contributed by atoms with E-state index in [1.807, 2.05) is 6.92 Å². The van der Waals surface area contributed by atoms with Crippen molar-refractivity contribution in [2.45, 2.75) is 6.92 Å². The number of nitrogens with one attached hydrogen (secondary N) is 2. The van der Waals surface area contributed by atoms with Gasteiger partial charge in [-0.15, -0.1) is 0 Å². The van der Waals surface area contributed by atoms with Crippen LogP contribution in [0.15, 0.2) is 24.4 Å². The monoisotopic (exact) mass is 269 g/mol. The molecule has 0 atom stereocenters. The lowest BCUT2D eigenvalue weighted by molar-refractivity contribution is 0.0879. The number of aromatic nitrogens is 2. The van der Waals surface area contributed by atoms with Crippen molar-refractivity contribution in [2.24, 2.45) is 0 Å². The fourth-order valence-corrected chi connectivity index (χ4v) is 1.96. The second-order valence-corrected chi connectivity index (χ2v) is 4.43. The Labute approximate surface area is 114 Å². The smallest absolute Gasteiger partial charge is 0.259 e. The van der Waals surface area contributed by atoms with E-state index < -0.39 is 5.91 Å². The van der Waals surface area contributed by atoms with Crippen molar-refractivity contribution >= 4 is 29.3 Å². The van der Waals surface area contributed by atoms with Gasteiger partial charge in [0.15, 0.2) is 0 Å². The average molecular weight is 269 g/mol. The van der Waals surface area contributed by atoms with E-state index in [-0.39, 0.29) is 11.9 Å². The van der Waals surface area contributed by atoms with Gasteiger partial charge in [0.05, 0.1) is 11.1 Å². The molecule has 4 N–H and O–H groups in total. The quantitative estimate of drug-likeness (QED) is 0.701. The van der Waals surface area contributed by atoms with Gasteiger partial charge in [0.2, 0.25) is 5.95 Å². The number of fused-ring (bicyclic) bond motifs is 1. The van der Waals surface area contributed by atoms with Gasteiger partial charge < -0.3 is 11.1 Å². The molecule has 0 bridgehead atoms. The van der Waals surface area contributed by atoms with E-state index in [1.165, 1.54) is 0 Å². The van der Waals surface area contributed by atoms with Gasteiger partial charge in [0.25, 0.3) is 11.8 Å². The predicted octanol–water partition coefficient (Wildman–Crippen LogP) is 0.994. The number of carbonyl (C=O) groups is 2. The van der Waals surface area contributed by atoms with Crippen LogP contribution in [-0.2, 0) is 0 Å². The first-order chi connectivity index (χ1) is 9.54. The molecule has 1 aliphatic rings. The van der Waals surface area contributed by atoms with Gasteiger partial charge in [0.1, 0.15) is 5.82 Å². The van der Waals surface area contributed by atoms with Crippen molar-refractivity contribution in [3.05, 3.63) is 41.1 Å². The first-order valence-electron chi connectivity index (χ1n) is 5.90. The minimum Gasteiger partial charge on any atom is -0.368 e. The molecule has 0 fully saturated rings. The summed E-state index contributed by atoms with van der Waals surface area (Å²) in [7, 11) is 0. The van der Waals surface area contributed by atoms with Crippen LogP contribution >= 0.6 is 0 Å². The van der Waals surface area contributed by atoms with Crippen molar-refractivity contribution in [1.29, 1.82) is 0 Å². The number of anilines is 3. The summed E-state index contributed by atoms with van der Waals surface area (Å²) in [5, 5.41) is 5.30. The Kier molecular flexibility index (Phi) is 2.60. The molecule has 20 heavy (non-hydrogen) atoms. The van der Waals surface area contributed by atoms with Crippen LogP contribution in [0.5, 0.6) is 0 Å². The fourth-order valence-electron chi connectivity index (χ4n) is 1.96. The largest absolute Gasteiger partial charge is 0.368 e. The van der Waals surface area contributed by atoms with E-state index in [1.54, 1.807) is 24.4 Å². The third-order valence-corrected chi connectivity index (χ3v) is 2.99. The summed E-state index contributed by atoms with van der Waals surface area (Å²) in [6, 6.07) is 4.90. The number of nitrogens with two attached hydrogens (primary N) is 1. The Morgan fingerprint density at radius 2 is 1.95 bits per heavy atom. The maximum atomic E-state index is 11.6. The lowest BCUT2D eigenvalue weighted by atomic mass is 10.1. The highest BCUT2D eigenvalue weighted by atomic mass is 16.2. The number of benzene rings is 1. The lowest BCUT2D eigenvalue weighted by Crippen LogP contribution is -2.19. The molecule has 0 spiro atoms. The molecule has 0 radical (unpaired) electrons. The molecule has 0 aliphatic carbocycles. The maximum Gasteiger partial charge on any atom is 0.259 e. The molecule has 0 unspecified atom stereocenters. The third-order valence-electron chi connectivity index (χ3n) is 2.99. The summed E-state index contributed by atoms with van der Waals surface area (Å²) in [5.74, 6) is -0.0547. The Morgan fingerprint density at radius 3 is 2.75 bits per heavy atom. The molecular weight excluding hydrogens is 258 g/mol. The number of aryl methyl sites for hydroxylation is 1. The molecule has 3 rings (SSSR count). The number of nitrogens with zero attached hydrogens (tertiary/aromatic N) is 2. The molecule has 1 aromatic heterocycles. The third kappa shape index (κ3) is 1.95. The minimum absolute atomic E-state index is 0.159. The maximum absolute atomic E-state index is 11.6. The van der Waals surface area contributed by atoms with Gasteiger partial charge in [-0.3, -0.25) is 14.9 Å². The highest BCUT2D eigenvalue weighted by molar-refractivity contribution is 6.21. The summed E-state index contributed by atoms with van der Waals surface area (Å²) in [6.07, 6.45) is 1.61. The van der Waals surface area contributed by atoms with Crippen molar-refractivity contribution in [3.8, 4) is 0 Å². The standard InChI is InChI=1S/C13H11N5O2/c1-6-5-15-13(14)17-10(6)16-7-2-3-8-9(4-7)12(20)18-11(8)19/h2-5H,1H3,(H,18,19,20)(H3,14,15,16,17). The van der Waals surface area contributed by atoms with Crippen LogP contribution in [0, 0.1) is 6.92 Å². The van der Waals surface area contributed by atoms with Gasteiger partial charge in [-0.25, -0.2) is 4.98 Å². The zero-order chi connectivity index (χ0) is 14.3. The summed E-state index contributed by atoms with van der Waals surface area (Å²) in [4.78, 5) is 31.0. The van der Waals surface area contributed by atoms with E-state index in [0.29, 0.717) is 22.6 Å². The van der Waals surface area contributed by atoms with Gasteiger partial charge >= 0.3 is 0 Å². The van der Waals surface area contributed by atoms with E-state index in [9.17, 15) is 9.59 Å². The first-order valence-corrected chi connectivity index (χ1v) is 5.90. The number of nitrogen functional groups attached to an aromatic ring is 1. The van der Waals surface area contributed by atoms with Crippen LogP contribution < -0.4 is 16.4 Å². The molecule has 7 heteroatoms. The van der Waals surface area contributed by atoms with E-state index in [0.717, 1.165) is 5.56 Å². The van der Waals surface area contributed by atoms with Gasteiger partial charge in [-0.1, -0.05) is 0 Å². The van der Waals surface area contributed by atoms with Crippen LogP contribution in [0.3, 0.4) is 0 Å². The number of hydrogen-bond donors (Lipinski definition) is 3. The average Bonchev–Trinajstić information content (AvgIpc) is 2.69. The molecule has 2 heterocycles. The Bertz CT molecular complexity index is 742. The second-order valence-electron chi connectivity index (χ2n) is 4.43. The zero-order valence-electron chi connectivity index (χ0n) is 10.6.